The Bertz CT molecular complexity index is 704. The zero-order valence-electron chi connectivity index (χ0n) is 16.9. The van der Waals surface area contributed by atoms with Crippen molar-refractivity contribution in [2.24, 2.45) is 0 Å². The van der Waals surface area contributed by atoms with Gasteiger partial charge in [0.1, 0.15) is 6.61 Å². The van der Waals surface area contributed by atoms with Crippen LogP contribution in [0.1, 0.15) is 24.8 Å². The fourth-order valence-electron chi connectivity index (χ4n) is 3.99. The van der Waals surface area contributed by atoms with Gasteiger partial charge in [0.15, 0.2) is 6.54 Å². The molecule has 2 heterocycles. The lowest BCUT2D eigenvalue weighted by molar-refractivity contribution is -0.912. The van der Waals surface area contributed by atoms with Gasteiger partial charge in [0.05, 0.1) is 32.7 Å². The number of nitrogens with zero attached hydrogens (tertiary/aromatic N) is 2. The van der Waals surface area contributed by atoms with Crippen LogP contribution in [0.5, 0.6) is 0 Å². The number of hydrogen-bond donors (Lipinski definition) is 2. The van der Waals surface area contributed by atoms with Crippen molar-refractivity contribution in [1.29, 1.82) is 0 Å². The van der Waals surface area contributed by atoms with Gasteiger partial charge in [-0.25, -0.2) is 4.79 Å². The van der Waals surface area contributed by atoms with E-state index in [0.29, 0.717) is 32.6 Å². The minimum Gasteiger partial charge on any atom is -0.445 e. The quantitative estimate of drug-likeness (QED) is 0.498. The first-order valence-electron chi connectivity index (χ1n) is 10.4. The van der Waals surface area contributed by atoms with Crippen molar-refractivity contribution in [2.75, 3.05) is 52.4 Å². The molecule has 1 aromatic carbocycles. The third-order valence-corrected chi connectivity index (χ3v) is 5.67. The number of hydrogen-bond acceptors (Lipinski definition) is 4. The van der Waals surface area contributed by atoms with Crippen LogP contribution in [0, 0.1) is 0 Å². The summed E-state index contributed by atoms with van der Waals surface area (Å²) in [7, 11) is 0. The van der Waals surface area contributed by atoms with Crippen LogP contribution in [0.25, 0.3) is 0 Å². The molecule has 3 rings (SSSR count). The number of piperazine rings is 1. The van der Waals surface area contributed by atoms with Crippen molar-refractivity contribution in [3.8, 4) is 0 Å². The maximum Gasteiger partial charge on any atom is 0.407 e. The maximum absolute atomic E-state index is 12.4. The van der Waals surface area contributed by atoms with Crippen molar-refractivity contribution in [3.05, 3.63) is 35.9 Å². The Labute approximate surface area is 171 Å². The number of carbonyl (C=O) groups is 3. The Kier molecular flexibility index (Phi) is 7.46. The number of nitrogens with one attached hydrogen (secondary N) is 2. The Hall–Kier alpha value is -2.61. The summed E-state index contributed by atoms with van der Waals surface area (Å²) >= 11 is 0. The second kappa shape index (κ2) is 10.2. The van der Waals surface area contributed by atoms with Gasteiger partial charge in [0.25, 0.3) is 5.91 Å². The molecule has 0 atom stereocenters. The van der Waals surface area contributed by atoms with Crippen molar-refractivity contribution in [2.45, 2.75) is 25.9 Å². The zero-order chi connectivity index (χ0) is 20.5. The number of alkyl carbamates (subject to hydrolysis) is 1. The fourth-order valence-corrected chi connectivity index (χ4v) is 3.99. The van der Waals surface area contributed by atoms with Crippen molar-refractivity contribution in [3.63, 3.8) is 0 Å². The third kappa shape index (κ3) is 6.45. The molecule has 8 nitrogen and oxygen atoms in total. The maximum atomic E-state index is 12.4. The van der Waals surface area contributed by atoms with Crippen molar-refractivity contribution >= 4 is 17.9 Å². The minimum absolute atomic E-state index is 0.0797. The topological polar surface area (TPSA) is 87.7 Å². The minimum atomic E-state index is -0.474. The van der Waals surface area contributed by atoms with E-state index in [1.807, 2.05) is 30.3 Å². The highest BCUT2D eigenvalue weighted by molar-refractivity contribution is 5.85. The molecule has 1 spiro atoms. The SMILES string of the molecule is O=C(CN1CC[N+]2(CCCC2)CC1=O)NCCCNC(=O)OCc1ccccc1. The van der Waals surface area contributed by atoms with Crippen LogP contribution >= 0.6 is 0 Å². The zero-order valence-corrected chi connectivity index (χ0v) is 16.9. The lowest BCUT2D eigenvalue weighted by atomic mass is 10.2. The Morgan fingerprint density at radius 1 is 1.03 bits per heavy atom. The van der Waals surface area contributed by atoms with Gasteiger partial charge in [-0.15, -0.1) is 0 Å². The third-order valence-electron chi connectivity index (χ3n) is 5.67. The highest BCUT2D eigenvalue weighted by atomic mass is 16.5. The van der Waals surface area contributed by atoms with Crippen LogP contribution in [-0.2, 0) is 20.9 Å². The molecule has 2 aliphatic rings. The molecular formula is C21H31N4O4+. The first-order chi connectivity index (χ1) is 14.1. The highest BCUT2D eigenvalue weighted by Gasteiger charge is 2.40. The van der Waals surface area contributed by atoms with Gasteiger partial charge in [0, 0.05) is 25.9 Å². The number of amides is 3. The molecule has 0 saturated carbocycles. The molecule has 0 unspecified atom stereocenters. The molecule has 0 aliphatic carbocycles. The first-order valence-corrected chi connectivity index (χ1v) is 10.4. The number of benzene rings is 1. The van der Waals surface area contributed by atoms with Crippen LogP contribution in [-0.4, -0.2) is 79.6 Å². The average molecular weight is 404 g/mol. The molecule has 158 valence electrons. The molecule has 3 amide bonds. The summed E-state index contributed by atoms with van der Waals surface area (Å²) in [6.45, 7) is 5.52. The van der Waals surface area contributed by atoms with Gasteiger partial charge in [-0.1, -0.05) is 30.3 Å². The molecule has 1 aromatic rings. The van der Waals surface area contributed by atoms with Gasteiger partial charge in [-0.05, 0) is 12.0 Å². The molecule has 0 bridgehead atoms. The molecule has 8 heteroatoms. The molecule has 2 saturated heterocycles. The van der Waals surface area contributed by atoms with Crippen molar-refractivity contribution < 1.29 is 23.6 Å². The van der Waals surface area contributed by atoms with E-state index in [0.717, 1.165) is 29.7 Å². The van der Waals surface area contributed by atoms with Crippen LogP contribution in [0.4, 0.5) is 4.79 Å². The molecule has 0 aromatic heterocycles. The predicted molar refractivity (Wildman–Crippen MR) is 108 cm³/mol. The number of quaternary nitrogens is 1. The highest BCUT2D eigenvalue weighted by Crippen LogP contribution is 2.22. The summed E-state index contributed by atoms with van der Waals surface area (Å²) in [5, 5.41) is 5.48. The van der Waals surface area contributed by atoms with Crippen molar-refractivity contribution in [1.82, 2.24) is 15.5 Å². The van der Waals surface area contributed by atoms with E-state index >= 15 is 0 Å². The van der Waals surface area contributed by atoms with E-state index in [2.05, 4.69) is 10.6 Å². The summed E-state index contributed by atoms with van der Waals surface area (Å²) in [4.78, 5) is 37.8. The van der Waals surface area contributed by atoms with Gasteiger partial charge in [0.2, 0.25) is 5.91 Å². The molecule has 29 heavy (non-hydrogen) atoms. The summed E-state index contributed by atoms with van der Waals surface area (Å²) in [5.74, 6) is -0.0731. The van der Waals surface area contributed by atoms with E-state index in [4.69, 9.17) is 4.74 Å². The van der Waals surface area contributed by atoms with Crippen LogP contribution < -0.4 is 10.6 Å². The monoisotopic (exact) mass is 403 g/mol. The fraction of sp³-hybridized carbons (Fsp3) is 0.571. The largest absolute Gasteiger partial charge is 0.445 e. The lowest BCUT2D eigenvalue weighted by Gasteiger charge is -2.41. The number of rotatable bonds is 8. The Morgan fingerprint density at radius 3 is 2.48 bits per heavy atom. The normalized spacial score (nSPS) is 17.9. The van der Waals surface area contributed by atoms with E-state index in [-0.39, 0.29) is 25.0 Å². The molecule has 2 aliphatic heterocycles. The van der Waals surface area contributed by atoms with E-state index in [1.165, 1.54) is 12.8 Å². The Balaban J connectivity index is 1.24. The number of carbonyl (C=O) groups excluding carboxylic acids is 3. The summed E-state index contributed by atoms with van der Waals surface area (Å²) in [6.07, 6.45) is 2.52. The van der Waals surface area contributed by atoms with Crippen LogP contribution in [0.3, 0.4) is 0 Å². The molecule has 0 radical (unpaired) electrons. The standard InChI is InChI=1S/C21H30N4O4/c26-19(15-24-11-14-25(16-20(24)27)12-4-5-13-25)22-9-6-10-23-21(28)29-17-18-7-2-1-3-8-18/h1-3,7-8H,4-6,9-17H2,(H-,22,23,26,28)/p+1. The lowest BCUT2D eigenvalue weighted by Crippen LogP contribution is -2.61. The average Bonchev–Trinajstić information content (AvgIpc) is 3.17. The van der Waals surface area contributed by atoms with E-state index < -0.39 is 6.09 Å². The Morgan fingerprint density at radius 2 is 1.76 bits per heavy atom. The smallest absolute Gasteiger partial charge is 0.407 e. The molecule has 2 fully saturated rings. The second-order valence-corrected chi connectivity index (χ2v) is 7.88. The second-order valence-electron chi connectivity index (χ2n) is 7.88. The van der Waals surface area contributed by atoms with E-state index in [1.54, 1.807) is 4.90 Å². The van der Waals surface area contributed by atoms with Gasteiger partial charge in [-0.2, -0.15) is 0 Å². The summed E-state index contributed by atoms with van der Waals surface area (Å²) in [5.41, 5.74) is 0.930. The van der Waals surface area contributed by atoms with Gasteiger partial charge >= 0.3 is 6.09 Å². The predicted octanol–water partition coefficient (Wildman–Crippen LogP) is 0.872. The van der Waals surface area contributed by atoms with E-state index in [9.17, 15) is 14.4 Å². The van der Waals surface area contributed by atoms with Crippen LogP contribution in [0.15, 0.2) is 30.3 Å². The van der Waals surface area contributed by atoms with Gasteiger partial charge < -0.3 is 24.8 Å². The first kappa shape index (κ1) is 21.1. The molecular weight excluding hydrogens is 372 g/mol. The number of ether oxygens (including phenoxy) is 1. The van der Waals surface area contributed by atoms with Crippen LogP contribution in [0.2, 0.25) is 0 Å². The van der Waals surface area contributed by atoms with Gasteiger partial charge in [-0.3, -0.25) is 9.59 Å². The molecule has 2 N–H and O–H groups in total. The summed E-state index contributed by atoms with van der Waals surface area (Å²) < 4.78 is 6.03. The summed E-state index contributed by atoms with van der Waals surface area (Å²) in [6, 6.07) is 9.47.